The third-order valence-electron chi connectivity index (χ3n) is 3.59. The fourth-order valence-electron chi connectivity index (χ4n) is 2.20. The van der Waals surface area contributed by atoms with Gasteiger partial charge < -0.3 is 9.88 Å². The van der Waals surface area contributed by atoms with Crippen molar-refractivity contribution >= 4 is 17.0 Å². The van der Waals surface area contributed by atoms with Crippen molar-refractivity contribution in [2.24, 2.45) is 0 Å². The van der Waals surface area contributed by atoms with Crippen LogP contribution < -0.4 is 4.90 Å². The molecular weight excluding hydrogens is 326 g/mol. The summed E-state index contributed by atoms with van der Waals surface area (Å²) in [6.07, 6.45) is 1.69. The van der Waals surface area contributed by atoms with Gasteiger partial charge in [-0.05, 0) is 53.8 Å². The Kier molecular flexibility index (Phi) is 5.50. The zero-order valence-corrected chi connectivity index (χ0v) is 15.0. The van der Waals surface area contributed by atoms with Crippen molar-refractivity contribution in [2.75, 3.05) is 19.0 Å². The first-order valence-electron chi connectivity index (χ1n) is 7.92. The Morgan fingerprint density at radius 1 is 0.960 bits per heavy atom. The van der Waals surface area contributed by atoms with Crippen molar-refractivity contribution in [3.05, 3.63) is 82.9 Å². The molecule has 3 nitrogen and oxygen atoms in total. The Morgan fingerprint density at radius 2 is 1.76 bits per heavy atom. The summed E-state index contributed by atoms with van der Waals surface area (Å²) in [6, 6.07) is 18.1. The second kappa shape index (κ2) is 8.18. The molecule has 0 saturated heterocycles. The lowest BCUT2D eigenvalue weighted by Crippen LogP contribution is -2.07. The average molecular weight is 345 g/mol. The van der Waals surface area contributed by atoms with Crippen molar-refractivity contribution in [3.8, 4) is 23.1 Å². The Hall–Kier alpha value is -3.03. The first kappa shape index (κ1) is 16.8. The van der Waals surface area contributed by atoms with Gasteiger partial charge in [-0.2, -0.15) is 11.3 Å². The molecule has 0 bridgehead atoms. The molecular formula is C21H19N3S. The van der Waals surface area contributed by atoms with Gasteiger partial charge in [-0.3, -0.25) is 0 Å². The molecule has 0 aliphatic rings. The molecule has 0 amide bonds. The van der Waals surface area contributed by atoms with Gasteiger partial charge >= 0.3 is 0 Å². The van der Waals surface area contributed by atoms with E-state index >= 15 is 0 Å². The summed E-state index contributed by atoms with van der Waals surface area (Å²) in [5.74, 6) is 6.33. The summed E-state index contributed by atoms with van der Waals surface area (Å²) >= 11 is 1.66. The molecule has 1 aromatic carbocycles. The van der Waals surface area contributed by atoms with Gasteiger partial charge in [0, 0.05) is 36.3 Å². The molecule has 0 unspecified atom stereocenters. The summed E-state index contributed by atoms with van der Waals surface area (Å²) in [5, 5.41) is 4.13. The number of H-pyrrole nitrogens is 1. The van der Waals surface area contributed by atoms with E-state index in [0.717, 1.165) is 28.2 Å². The van der Waals surface area contributed by atoms with Gasteiger partial charge in [0.1, 0.15) is 0 Å². The summed E-state index contributed by atoms with van der Waals surface area (Å²) in [6.45, 7) is 0. The van der Waals surface area contributed by atoms with Crippen molar-refractivity contribution in [1.82, 2.24) is 9.97 Å². The quantitative estimate of drug-likeness (QED) is 0.681. The summed E-state index contributed by atoms with van der Waals surface area (Å²) in [7, 11) is 4.05. The normalized spacial score (nSPS) is 9.68. The van der Waals surface area contributed by atoms with E-state index in [4.69, 9.17) is 0 Å². The van der Waals surface area contributed by atoms with Crippen LogP contribution in [0.25, 0.3) is 11.3 Å². The van der Waals surface area contributed by atoms with E-state index in [-0.39, 0.29) is 0 Å². The molecule has 124 valence electrons. The van der Waals surface area contributed by atoms with E-state index in [2.05, 4.69) is 50.3 Å². The first-order valence-corrected chi connectivity index (χ1v) is 8.86. The molecule has 3 aromatic rings. The van der Waals surface area contributed by atoms with Gasteiger partial charge in [0.05, 0.1) is 17.7 Å². The standard InChI is InChI=1S/C21H19N3S/c1-24(2)20-11-8-17(9-12-20)7-10-19-5-3-4-6-21(23-16-22-19)18-13-14-25-15-18/h3-6,8-9,11-16H,1-2H3,(H,22,23). The summed E-state index contributed by atoms with van der Waals surface area (Å²) in [5.41, 5.74) is 4.98. The maximum Gasteiger partial charge on any atom is 0.0935 e. The van der Waals surface area contributed by atoms with Crippen LogP contribution in [0.4, 0.5) is 5.69 Å². The number of anilines is 1. The lowest BCUT2D eigenvalue weighted by molar-refractivity contribution is 1.13. The van der Waals surface area contributed by atoms with Gasteiger partial charge in [-0.15, -0.1) is 0 Å². The van der Waals surface area contributed by atoms with Crippen molar-refractivity contribution in [1.29, 1.82) is 0 Å². The molecule has 0 radical (unpaired) electrons. The monoisotopic (exact) mass is 345 g/mol. The first-order chi connectivity index (χ1) is 12.2. The van der Waals surface area contributed by atoms with Crippen LogP contribution in [0, 0.1) is 11.8 Å². The molecule has 0 spiro atoms. The maximum absolute atomic E-state index is 4.49. The smallest absolute Gasteiger partial charge is 0.0935 e. The lowest BCUT2D eigenvalue weighted by atomic mass is 10.2. The topological polar surface area (TPSA) is 31.9 Å². The van der Waals surface area contributed by atoms with Gasteiger partial charge in [-0.25, -0.2) is 4.98 Å². The third kappa shape index (κ3) is 4.72. The Bertz CT molecular complexity index is 925. The molecule has 2 aromatic heterocycles. The van der Waals surface area contributed by atoms with E-state index in [1.54, 1.807) is 17.7 Å². The number of hydrogen-bond acceptors (Lipinski definition) is 3. The van der Waals surface area contributed by atoms with Crippen molar-refractivity contribution in [2.45, 2.75) is 0 Å². The lowest BCUT2D eigenvalue weighted by Gasteiger charge is -2.11. The highest BCUT2D eigenvalue weighted by molar-refractivity contribution is 7.08. The van der Waals surface area contributed by atoms with E-state index in [1.165, 1.54) is 0 Å². The third-order valence-corrected chi connectivity index (χ3v) is 4.28. The van der Waals surface area contributed by atoms with Crippen LogP contribution in [-0.2, 0) is 0 Å². The molecule has 0 aliphatic heterocycles. The Balaban J connectivity index is 1.86. The summed E-state index contributed by atoms with van der Waals surface area (Å²) < 4.78 is 0. The number of nitrogens with one attached hydrogen (secondary N) is 1. The number of thiophene rings is 1. The number of hydrogen-bond donors (Lipinski definition) is 1. The van der Waals surface area contributed by atoms with Crippen molar-refractivity contribution < 1.29 is 0 Å². The highest BCUT2D eigenvalue weighted by Crippen LogP contribution is 2.18. The van der Waals surface area contributed by atoms with Crippen LogP contribution in [-0.4, -0.2) is 24.1 Å². The average Bonchev–Trinajstić information content (AvgIpc) is 3.17. The van der Waals surface area contributed by atoms with Crippen LogP contribution in [0.15, 0.2) is 71.7 Å². The molecule has 0 saturated carbocycles. The second-order valence-electron chi connectivity index (χ2n) is 5.62. The highest BCUT2D eigenvalue weighted by Gasteiger charge is 1.96. The second-order valence-corrected chi connectivity index (χ2v) is 6.40. The van der Waals surface area contributed by atoms with Crippen LogP contribution in [0.1, 0.15) is 11.3 Å². The Labute approximate surface area is 152 Å². The van der Waals surface area contributed by atoms with Gasteiger partial charge in [0.15, 0.2) is 0 Å². The minimum absolute atomic E-state index is 0.802. The van der Waals surface area contributed by atoms with Crippen molar-refractivity contribution in [3.63, 3.8) is 0 Å². The fourth-order valence-corrected chi connectivity index (χ4v) is 2.85. The fraction of sp³-hybridized carbons (Fsp3) is 0.0952. The van der Waals surface area contributed by atoms with E-state index in [0.29, 0.717) is 0 Å². The van der Waals surface area contributed by atoms with Gasteiger partial charge in [0.2, 0.25) is 0 Å². The largest absolute Gasteiger partial charge is 0.378 e. The molecule has 2 heterocycles. The van der Waals surface area contributed by atoms with Gasteiger partial charge in [0.25, 0.3) is 0 Å². The zero-order valence-electron chi connectivity index (χ0n) is 14.2. The van der Waals surface area contributed by atoms with Gasteiger partial charge in [-0.1, -0.05) is 18.1 Å². The molecule has 3 rings (SSSR count). The van der Waals surface area contributed by atoms with Crippen LogP contribution >= 0.6 is 11.3 Å². The van der Waals surface area contributed by atoms with Crippen LogP contribution in [0.3, 0.4) is 0 Å². The van der Waals surface area contributed by atoms with E-state index in [9.17, 15) is 0 Å². The number of nitrogens with zero attached hydrogens (tertiary/aromatic N) is 2. The predicted octanol–water partition coefficient (Wildman–Crippen LogP) is 4.73. The van der Waals surface area contributed by atoms with E-state index < -0.39 is 0 Å². The molecule has 0 fully saturated rings. The summed E-state index contributed by atoms with van der Waals surface area (Å²) in [4.78, 5) is 9.71. The molecule has 0 aliphatic carbocycles. The number of aromatic nitrogens is 2. The minimum atomic E-state index is 0.802. The zero-order chi connectivity index (χ0) is 17.5. The number of aromatic amines is 1. The number of benzene rings is 1. The van der Waals surface area contributed by atoms with Crippen LogP contribution in [0.5, 0.6) is 0 Å². The predicted molar refractivity (Wildman–Crippen MR) is 106 cm³/mol. The minimum Gasteiger partial charge on any atom is -0.378 e. The molecule has 0 atom stereocenters. The maximum atomic E-state index is 4.49. The highest BCUT2D eigenvalue weighted by atomic mass is 32.1. The molecule has 25 heavy (non-hydrogen) atoms. The Morgan fingerprint density at radius 3 is 2.48 bits per heavy atom. The molecule has 4 heteroatoms. The van der Waals surface area contributed by atoms with E-state index in [1.807, 2.05) is 55.9 Å². The number of rotatable bonds is 2. The molecule has 1 N–H and O–H groups in total. The SMILES string of the molecule is CN(C)c1ccc(C#Cc2ccccc(-c3ccsc3)nc[nH]2)cc1. The van der Waals surface area contributed by atoms with Crippen LogP contribution in [0.2, 0.25) is 0 Å².